The van der Waals surface area contributed by atoms with Crippen molar-refractivity contribution in [2.45, 2.75) is 0 Å². The molecule has 1 N–H and O–H groups in total. The lowest BCUT2D eigenvalue weighted by atomic mass is 10.2. The van der Waals surface area contributed by atoms with Crippen LogP contribution in [0.25, 0.3) is 6.08 Å². The van der Waals surface area contributed by atoms with E-state index in [0.29, 0.717) is 22.7 Å². The van der Waals surface area contributed by atoms with Crippen LogP contribution in [0.2, 0.25) is 5.02 Å². The highest BCUT2D eigenvalue weighted by molar-refractivity contribution is 6.30. The van der Waals surface area contributed by atoms with Crippen molar-refractivity contribution in [3.05, 3.63) is 58.9 Å². The number of halogens is 2. The van der Waals surface area contributed by atoms with Crippen LogP contribution in [0.3, 0.4) is 0 Å². The van der Waals surface area contributed by atoms with E-state index < -0.39 is 5.82 Å². The number of carbonyl (C=O) groups excluding carboxylic acids is 1. The lowest BCUT2D eigenvalue weighted by Crippen LogP contribution is -2.08. The number of hydrogen-bond donors (Lipinski definition) is 1. The second-order valence-electron chi connectivity index (χ2n) is 4.60. The van der Waals surface area contributed by atoms with Gasteiger partial charge >= 0.3 is 0 Å². The number of benzene rings is 2. The fraction of sp³-hybridized carbons (Fsp3) is 0.118. The first-order valence-electron chi connectivity index (χ1n) is 6.69. The van der Waals surface area contributed by atoms with Crippen LogP contribution < -0.4 is 14.8 Å². The Bertz CT molecular complexity index is 724. The molecule has 1 amide bonds. The first-order valence-corrected chi connectivity index (χ1v) is 7.07. The molecule has 2 aromatic carbocycles. The summed E-state index contributed by atoms with van der Waals surface area (Å²) in [6.07, 6.45) is 2.87. The standard InChI is InChI=1S/C17H15ClFNO3/c1-22-13-8-12(9-14(10-13)23-2)20-17(21)6-4-11-3-5-16(19)15(18)7-11/h3-10H,1-2H3,(H,20,21)/b6-4+. The molecule has 6 heteroatoms. The minimum atomic E-state index is -0.503. The van der Waals surface area contributed by atoms with Crippen LogP contribution in [0.1, 0.15) is 5.56 Å². The van der Waals surface area contributed by atoms with Crippen LogP contribution in [0.4, 0.5) is 10.1 Å². The van der Waals surface area contributed by atoms with Gasteiger partial charge in [-0.1, -0.05) is 17.7 Å². The third-order valence-corrected chi connectivity index (χ3v) is 3.28. The third-order valence-electron chi connectivity index (χ3n) is 2.99. The summed E-state index contributed by atoms with van der Waals surface area (Å²) < 4.78 is 23.3. The van der Waals surface area contributed by atoms with Crippen molar-refractivity contribution in [2.75, 3.05) is 19.5 Å². The maximum atomic E-state index is 13.1. The predicted molar refractivity (Wildman–Crippen MR) is 88.6 cm³/mol. The molecule has 0 atom stereocenters. The normalized spacial score (nSPS) is 10.6. The van der Waals surface area contributed by atoms with Crippen LogP contribution in [-0.2, 0) is 4.79 Å². The fourth-order valence-corrected chi connectivity index (χ4v) is 2.04. The fourth-order valence-electron chi connectivity index (χ4n) is 1.85. The highest BCUT2D eigenvalue weighted by atomic mass is 35.5. The SMILES string of the molecule is COc1cc(NC(=O)/C=C/c2ccc(F)c(Cl)c2)cc(OC)c1. The van der Waals surface area contributed by atoms with E-state index in [9.17, 15) is 9.18 Å². The number of nitrogens with one attached hydrogen (secondary N) is 1. The van der Waals surface area contributed by atoms with Gasteiger partial charge in [-0.3, -0.25) is 4.79 Å². The van der Waals surface area contributed by atoms with Gasteiger partial charge in [0, 0.05) is 30.0 Å². The number of hydrogen-bond acceptors (Lipinski definition) is 3. The minimum absolute atomic E-state index is 0.00471. The molecule has 23 heavy (non-hydrogen) atoms. The highest BCUT2D eigenvalue weighted by Crippen LogP contribution is 2.25. The Hall–Kier alpha value is -2.53. The molecule has 0 saturated carbocycles. The third kappa shape index (κ3) is 4.72. The number of anilines is 1. The Labute approximate surface area is 138 Å². The molecule has 0 aliphatic heterocycles. The maximum Gasteiger partial charge on any atom is 0.248 e. The molecular formula is C17H15ClFNO3. The zero-order valence-corrected chi connectivity index (χ0v) is 13.4. The molecule has 0 aliphatic rings. The van der Waals surface area contributed by atoms with Gasteiger partial charge in [-0.25, -0.2) is 4.39 Å². The average Bonchev–Trinajstić information content (AvgIpc) is 2.55. The highest BCUT2D eigenvalue weighted by Gasteiger charge is 2.04. The van der Waals surface area contributed by atoms with Gasteiger partial charge in [0.25, 0.3) is 0 Å². The number of carbonyl (C=O) groups is 1. The summed E-state index contributed by atoms with van der Waals surface area (Å²) in [5.41, 5.74) is 1.16. The van der Waals surface area contributed by atoms with E-state index in [1.165, 1.54) is 44.6 Å². The van der Waals surface area contributed by atoms with E-state index in [2.05, 4.69) is 5.32 Å². The number of rotatable bonds is 5. The van der Waals surface area contributed by atoms with Crippen LogP contribution in [0.5, 0.6) is 11.5 Å². The zero-order chi connectivity index (χ0) is 16.8. The molecular weight excluding hydrogens is 321 g/mol. The summed E-state index contributed by atoms with van der Waals surface area (Å²) >= 11 is 5.69. The summed E-state index contributed by atoms with van der Waals surface area (Å²) in [6.45, 7) is 0. The Balaban J connectivity index is 2.09. The van der Waals surface area contributed by atoms with Crippen LogP contribution in [-0.4, -0.2) is 20.1 Å². The van der Waals surface area contributed by atoms with Gasteiger partial charge in [0.15, 0.2) is 0 Å². The van der Waals surface area contributed by atoms with Crippen molar-refractivity contribution < 1.29 is 18.7 Å². The summed E-state index contributed by atoms with van der Waals surface area (Å²) in [5.74, 6) is 0.278. The number of amides is 1. The van der Waals surface area contributed by atoms with Crippen molar-refractivity contribution >= 4 is 29.3 Å². The zero-order valence-electron chi connectivity index (χ0n) is 12.6. The van der Waals surface area contributed by atoms with E-state index in [1.54, 1.807) is 18.2 Å². The quantitative estimate of drug-likeness (QED) is 0.835. The van der Waals surface area contributed by atoms with Gasteiger partial charge in [-0.05, 0) is 23.8 Å². The molecule has 0 heterocycles. The molecule has 0 spiro atoms. The molecule has 0 bridgehead atoms. The molecule has 0 radical (unpaired) electrons. The van der Waals surface area contributed by atoms with Gasteiger partial charge in [0.05, 0.1) is 19.2 Å². The Morgan fingerprint density at radius 2 is 1.78 bits per heavy atom. The topological polar surface area (TPSA) is 47.6 Å². The number of ether oxygens (including phenoxy) is 2. The molecule has 0 saturated heterocycles. The first kappa shape index (κ1) is 16.8. The van der Waals surface area contributed by atoms with Crippen molar-refractivity contribution in [1.82, 2.24) is 0 Å². The molecule has 2 aromatic rings. The molecule has 2 rings (SSSR count). The monoisotopic (exact) mass is 335 g/mol. The summed E-state index contributed by atoms with van der Waals surface area (Å²) in [7, 11) is 3.05. The first-order chi connectivity index (χ1) is 11.0. The second-order valence-corrected chi connectivity index (χ2v) is 5.00. The average molecular weight is 336 g/mol. The number of methoxy groups -OCH3 is 2. The summed E-state index contributed by atoms with van der Waals surface area (Å²) in [5, 5.41) is 2.70. The lowest BCUT2D eigenvalue weighted by Gasteiger charge is -2.08. The van der Waals surface area contributed by atoms with E-state index in [0.717, 1.165) is 0 Å². The predicted octanol–water partition coefficient (Wildman–Crippen LogP) is 4.15. The van der Waals surface area contributed by atoms with E-state index >= 15 is 0 Å². The van der Waals surface area contributed by atoms with Crippen molar-refractivity contribution in [1.29, 1.82) is 0 Å². The van der Waals surface area contributed by atoms with Crippen LogP contribution in [0, 0.1) is 5.82 Å². The van der Waals surface area contributed by atoms with Crippen molar-refractivity contribution in [2.24, 2.45) is 0 Å². The maximum absolute atomic E-state index is 13.1. The summed E-state index contributed by atoms with van der Waals surface area (Å²) in [4.78, 5) is 12.0. The summed E-state index contributed by atoms with van der Waals surface area (Å²) in [6, 6.07) is 9.25. The molecule has 0 aliphatic carbocycles. The molecule has 4 nitrogen and oxygen atoms in total. The molecule has 0 aromatic heterocycles. The van der Waals surface area contributed by atoms with Gasteiger partial charge in [-0.15, -0.1) is 0 Å². The lowest BCUT2D eigenvalue weighted by molar-refractivity contribution is -0.111. The second kappa shape index (κ2) is 7.65. The smallest absolute Gasteiger partial charge is 0.248 e. The Morgan fingerprint density at radius 1 is 1.13 bits per heavy atom. The van der Waals surface area contributed by atoms with E-state index in [1.807, 2.05) is 0 Å². The Morgan fingerprint density at radius 3 is 2.35 bits per heavy atom. The Kier molecular flexibility index (Phi) is 5.60. The van der Waals surface area contributed by atoms with Gasteiger partial charge in [0.2, 0.25) is 5.91 Å². The molecule has 120 valence electrons. The van der Waals surface area contributed by atoms with Crippen LogP contribution >= 0.6 is 11.6 Å². The van der Waals surface area contributed by atoms with E-state index in [-0.39, 0.29) is 10.9 Å². The van der Waals surface area contributed by atoms with Crippen molar-refractivity contribution in [3.8, 4) is 11.5 Å². The van der Waals surface area contributed by atoms with Gasteiger partial charge in [0.1, 0.15) is 17.3 Å². The largest absolute Gasteiger partial charge is 0.497 e. The van der Waals surface area contributed by atoms with Gasteiger partial charge in [-0.2, -0.15) is 0 Å². The van der Waals surface area contributed by atoms with Gasteiger partial charge < -0.3 is 14.8 Å². The minimum Gasteiger partial charge on any atom is -0.497 e. The van der Waals surface area contributed by atoms with Crippen LogP contribution in [0.15, 0.2) is 42.5 Å². The molecule has 0 unspecified atom stereocenters. The molecule has 0 fully saturated rings. The van der Waals surface area contributed by atoms with Crippen molar-refractivity contribution in [3.63, 3.8) is 0 Å². The van der Waals surface area contributed by atoms with E-state index in [4.69, 9.17) is 21.1 Å².